The van der Waals surface area contributed by atoms with E-state index >= 15 is 0 Å². The summed E-state index contributed by atoms with van der Waals surface area (Å²) in [4.78, 5) is 15.3. The van der Waals surface area contributed by atoms with Crippen LogP contribution in [0, 0.1) is 6.57 Å². The lowest BCUT2D eigenvalue weighted by molar-refractivity contribution is -0.148. The average Bonchev–Trinajstić information content (AvgIpc) is 2.97. The Labute approximate surface area is 150 Å². The molecular formula is C16H14F6N4O. The van der Waals surface area contributed by atoms with Crippen molar-refractivity contribution < 1.29 is 31.1 Å². The molecule has 2 rings (SSSR count). The monoisotopic (exact) mass is 392 g/mol. The lowest BCUT2D eigenvalue weighted by Gasteiger charge is -2.23. The van der Waals surface area contributed by atoms with E-state index in [4.69, 9.17) is 6.57 Å². The molecular weight excluding hydrogens is 378 g/mol. The van der Waals surface area contributed by atoms with Gasteiger partial charge in [-0.15, -0.1) is 0 Å². The van der Waals surface area contributed by atoms with Gasteiger partial charge in [0.05, 0.1) is 12.1 Å². The van der Waals surface area contributed by atoms with E-state index in [1.165, 1.54) is 6.92 Å². The number of halogens is 6. The van der Waals surface area contributed by atoms with E-state index in [0.29, 0.717) is 0 Å². The molecule has 0 saturated heterocycles. The van der Waals surface area contributed by atoms with Gasteiger partial charge < -0.3 is 5.32 Å². The first kappa shape index (κ1) is 20.7. The molecule has 27 heavy (non-hydrogen) atoms. The largest absolute Gasteiger partial charge is 0.412 e. The van der Waals surface area contributed by atoms with Crippen molar-refractivity contribution in [2.24, 2.45) is 10.2 Å². The summed E-state index contributed by atoms with van der Waals surface area (Å²) in [6.45, 7) is 9.43. The molecule has 0 saturated carbocycles. The molecule has 1 N–H and O–H groups in total. The molecule has 0 aliphatic carbocycles. The molecule has 1 aromatic carbocycles. The van der Waals surface area contributed by atoms with Gasteiger partial charge in [0.2, 0.25) is 0 Å². The minimum absolute atomic E-state index is 0.156. The summed E-state index contributed by atoms with van der Waals surface area (Å²) < 4.78 is 78.3. The molecule has 1 amide bonds. The zero-order valence-corrected chi connectivity index (χ0v) is 14.2. The molecule has 1 aliphatic rings. The fourth-order valence-corrected chi connectivity index (χ4v) is 2.76. The SMILES string of the molecule is [C-]#[N+]c1ccc(NC(=O)C2(C)CC(C(F)(F)F)N=N2)c(CC)c1C(F)(F)F. The Bertz CT molecular complexity index is 824. The molecule has 0 radical (unpaired) electrons. The first-order chi connectivity index (χ1) is 12.3. The van der Waals surface area contributed by atoms with Gasteiger partial charge in [0.25, 0.3) is 5.91 Å². The number of rotatable bonds is 3. The Morgan fingerprint density at radius 2 is 1.96 bits per heavy atom. The van der Waals surface area contributed by atoms with E-state index in [2.05, 4.69) is 20.4 Å². The van der Waals surface area contributed by atoms with Gasteiger partial charge in [0, 0.05) is 12.1 Å². The first-order valence-electron chi connectivity index (χ1n) is 7.74. The van der Waals surface area contributed by atoms with Crippen LogP contribution >= 0.6 is 0 Å². The van der Waals surface area contributed by atoms with Crippen LogP contribution in [0.4, 0.5) is 37.7 Å². The van der Waals surface area contributed by atoms with Gasteiger partial charge in [0.15, 0.2) is 17.3 Å². The topological polar surface area (TPSA) is 58.2 Å². The normalized spacial score (nSPS) is 22.6. The van der Waals surface area contributed by atoms with Gasteiger partial charge in [0.1, 0.15) is 0 Å². The lowest BCUT2D eigenvalue weighted by atomic mass is 9.93. The molecule has 0 bridgehead atoms. The summed E-state index contributed by atoms with van der Waals surface area (Å²) in [6.07, 6.45) is -10.4. The second-order valence-corrected chi connectivity index (χ2v) is 6.15. The highest BCUT2D eigenvalue weighted by molar-refractivity contribution is 5.99. The summed E-state index contributed by atoms with van der Waals surface area (Å²) >= 11 is 0. The summed E-state index contributed by atoms with van der Waals surface area (Å²) in [7, 11) is 0. The summed E-state index contributed by atoms with van der Waals surface area (Å²) in [6, 6.07) is -0.119. The van der Waals surface area contributed by atoms with Crippen molar-refractivity contribution in [2.45, 2.75) is 50.6 Å². The summed E-state index contributed by atoms with van der Waals surface area (Å²) in [5.41, 5.74) is -4.21. The second-order valence-electron chi connectivity index (χ2n) is 6.15. The Morgan fingerprint density at radius 1 is 1.33 bits per heavy atom. The predicted octanol–water partition coefficient (Wildman–Crippen LogP) is 5.30. The Kier molecular flexibility index (Phi) is 5.23. The summed E-state index contributed by atoms with van der Waals surface area (Å²) in [5.74, 6) is -1.00. The van der Waals surface area contributed by atoms with Gasteiger partial charge >= 0.3 is 12.4 Å². The highest BCUT2D eigenvalue weighted by Gasteiger charge is 2.51. The van der Waals surface area contributed by atoms with E-state index < -0.39 is 47.5 Å². The maximum absolute atomic E-state index is 13.3. The van der Waals surface area contributed by atoms with Crippen molar-refractivity contribution >= 4 is 17.3 Å². The molecule has 11 heteroatoms. The standard InChI is InChI=1S/C16H14F6N4O/c1-4-8-9(5-6-10(23-3)12(8)16(20,21)22)24-13(27)14(2)7-11(25-26-14)15(17,18)19/h5-6,11H,4,7H2,1-2H3,(H,24,27). The average molecular weight is 392 g/mol. The molecule has 2 atom stereocenters. The number of hydrogen-bond acceptors (Lipinski definition) is 3. The third-order valence-corrected chi connectivity index (χ3v) is 4.17. The molecule has 0 spiro atoms. The van der Waals surface area contributed by atoms with Crippen LogP contribution in [0.2, 0.25) is 0 Å². The van der Waals surface area contributed by atoms with Crippen molar-refractivity contribution in [3.63, 3.8) is 0 Å². The van der Waals surface area contributed by atoms with Gasteiger partial charge in [-0.2, -0.15) is 36.6 Å². The molecule has 2 unspecified atom stereocenters. The zero-order chi connectivity index (χ0) is 20.6. The van der Waals surface area contributed by atoms with Gasteiger partial charge in [-0.1, -0.05) is 13.0 Å². The second kappa shape index (κ2) is 6.83. The van der Waals surface area contributed by atoms with Crippen molar-refractivity contribution in [3.8, 4) is 0 Å². The zero-order valence-electron chi connectivity index (χ0n) is 14.2. The number of benzene rings is 1. The van der Waals surface area contributed by atoms with Crippen LogP contribution in [0.1, 0.15) is 31.4 Å². The number of anilines is 1. The minimum Gasteiger partial charge on any atom is -0.324 e. The number of nitrogens with one attached hydrogen (secondary N) is 1. The third kappa shape index (κ3) is 4.04. The van der Waals surface area contributed by atoms with E-state index in [1.807, 2.05) is 0 Å². The molecule has 1 heterocycles. The van der Waals surface area contributed by atoms with Crippen LogP contribution in [0.15, 0.2) is 22.4 Å². The van der Waals surface area contributed by atoms with Crippen molar-refractivity contribution in [1.29, 1.82) is 0 Å². The third-order valence-electron chi connectivity index (χ3n) is 4.17. The smallest absolute Gasteiger partial charge is 0.324 e. The van der Waals surface area contributed by atoms with Crippen LogP contribution in [0.3, 0.4) is 0 Å². The maximum Gasteiger partial charge on any atom is 0.412 e. The molecule has 1 aromatic rings. The van der Waals surface area contributed by atoms with Gasteiger partial charge in [-0.3, -0.25) is 4.79 Å². The van der Waals surface area contributed by atoms with Crippen molar-refractivity contribution in [1.82, 2.24) is 0 Å². The number of azo groups is 1. The Hall–Kier alpha value is -2.64. The number of hydrogen-bond donors (Lipinski definition) is 1. The minimum atomic E-state index is -4.83. The van der Waals surface area contributed by atoms with Crippen LogP contribution in [-0.4, -0.2) is 23.7 Å². The fourth-order valence-electron chi connectivity index (χ4n) is 2.76. The van der Waals surface area contributed by atoms with Crippen molar-refractivity contribution in [3.05, 3.63) is 34.7 Å². The summed E-state index contributed by atoms with van der Waals surface area (Å²) in [5, 5.41) is 8.68. The van der Waals surface area contributed by atoms with E-state index in [0.717, 1.165) is 19.1 Å². The van der Waals surface area contributed by atoms with Crippen LogP contribution in [0.5, 0.6) is 0 Å². The first-order valence-corrected chi connectivity index (χ1v) is 7.74. The number of carbonyl (C=O) groups excluding carboxylic acids is 1. The van der Waals surface area contributed by atoms with Crippen LogP contribution in [-0.2, 0) is 17.4 Å². The lowest BCUT2D eigenvalue weighted by Crippen LogP contribution is -2.40. The highest BCUT2D eigenvalue weighted by atomic mass is 19.4. The fraction of sp³-hybridized carbons (Fsp3) is 0.500. The number of alkyl halides is 6. The number of carbonyl (C=O) groups is 1. The predicted molar refractivity (Wildman–Crippen MR) is 83.4 cm³/mol. The van der Waals surface area contributed by atoms with Crippen molar-refractivity contribution in [2.75, 3.05) is 5.32 Å². The molecule has 1 aliphatic heterocycles. The molecule has 0 fully saturated rings. The number of amides is 1. The Balaban J connectivity index is 2.37. The van der Waals surface area contributed by atoms with Gasteiger partial charge in [-0.05, 0) is 25.0 Å². The Morgan fingerprint density at radius 3 is 2.41 bits per heavy atom. The quantitative estimate of drug-likeness (QED) is 0.551. The molecule has 146 valence electrons. The maximum atomic E-state index is 13.3. The van der Waals surface area contributed by atoms with Gasteiger partial charge in [-0.25, -0.2) is 4.85 Å². The number of nitrogens with zero attached hydrogens (tertiary/aromatic N) is 3. The van der Waals surface area contributed by atoms with E-state index in [-0.39, 0.29) is 17.7 Å². The van der Waals surface area contributed by atoms with Crippen LogP contribution < -0.4 is 5.32 Å². The van der Waals surface area contributed by atoms with E-state index in [9.17, 15) is 31.1 Å². The molecule has 5 nitrogen and oxygen atoms in total. The molecule has 0 aromatic heterocycles. The highest BCUT2D eigenvalue weighted by Crippen LogP contribution is 2.43. The van der Waals surface area contributed by atoms with Crippen LogP contribution in [0.25, 0.3) is 4.85 Å². The van der Waals surface area contributed by atoms with E-state index in [1.54, 1.807) is 0 Å².